The molecule has 2 atom stereocenters. The van der Waals surface area contributed by atoms with Crippen LogP contribution < -0.4 is 14.4 Å². The van der Waals surface area contributed by atoms with Crippen molar-refractivity contribution in [3.8, 4) is 11.5 Å². The third-order valence-corrected chi connectivity index (χ3v) is 13.5. The number of halogens is 1. The molecule has 248 valence electrons. The van der Waals surface area contributed by atoms with E-state index in [1.54, 1.807) is 30.2 Å². The Morgan fingerprint density at radius 3 is 2.33 bits per heavy atom. The molecule has 4 rings (SSSR count). The summed E-state index contributed by atoms with van der Waals surface area (Å²) in [5, 5.41) is 11.9. The quantitative estimate of drug-likeness (QED) is 0.330. The molecule has 0 unspecified atom stereocenters. The second kappa shape index (κ2) is 12.9. The lowest BCUT2D eigenvalue weighted by atomic mass is 9.89. The Labute approximate surface area is 267 Å². The fraction of sp³-hybridized carbons (Fsp3) is 0.588. The fourth-order valence-electron chi connectivity index (χ4n) is 5.32. The molecular formula is C34H49FN2O7Si. The highest BCUT2D eigenvalue weighted by molar-refractivity contribution is 6.74. The van der Waals surface area contributed by atoms with Crippen LogP contribution in [0.15, 0.2) is 36.4 Å². The summed E-state index contributed by atoms with van der Waals surface area (Å²) in [6.07, 6.45) is -0.464. The predicted molar refractivity (Wildman–Crippen MR) is 174 cm³/mol. The van der Waals surface area contributed by atoms with Gasteiger partial charge in [-0.1, -0.05) is 32.9 Å². The average Bonchev–Trinajstić information content (AvgIpc) is 2.94. The van der Waals surface area contributed by atoms with Crippen LogP contribution in [0, 0.1) is 5.82 Å². The molecule has 1 N–H and O–H groups in total. The highest BCUT2D eigenvalue weighted by atomic mass is 28.4. The first-order chi connectivity index (χ1) is 20.8. The number of rotatable bonds is 8. The van der Waals surface area contributed by atoms with E-state index in [0.717, 1.165) is 5.56 Å². The Morgan fingerprint density at radius 1 is 1.07 bits per heavy atom. The standard InChI is InChI=1S/C34H49FN2O7Si/c1-32(2,3)43-31(39)36-19-18-34(40,28(21-36)44-45(8,9)33(4,5)6)22-42-27-16-15-26(35)30-25(27)14-17-29(38)37(30)20-23-10-12-24(41-7)13-11-23/h10-13,15-16,28,40H,14,17-22H2,1-9H3/t28-,34-/m0/s1. The number of fused-ring (bicyclic) bond motifs is 1. The Kier molecular flexibility index (Phi) is 9.97. The summed E-state index contributed by atoms with van der Waals surface area (Å²) in [6.45, 7) is 16.5. The molecular weight excluding hydrogens is 595 g/mol. The largest absolute Gasteiger partial charge is 0.497 e. The van der Waals surface area contributed by atoms with Crippen molar-refractivity contribution in [2.75, 3.05) is 31.7 Å². The molecule has 0 bridgehead atoms. The summed E-state index contributed by atoms with van der Waals surface area (Å²) in [6, 6.07) is 10.2. The smallest absolute Gasteiger partial charge is 0.410 e. The summed E-state index contributed by atoms with van der Waals surface area (Å²) < 4.78 is 39.3. The van der Waals surface area contributed by atoms with Crippen molar-refractivity contribution in [3.63, 3.8) is 0 Å². The number of anilines is 1. The van der Waals surface area contributed by atoms with Gasteiger partial charge < -0.3 is 33.5 Å². The van der Waals surface area contributed by atoms with Crippen LogP contribution in [0.1, 0.15) is 65.5 Å². The van der Waals surface area contributed by atoms with Crippen molar-refractivity contribution in [2.45, 2.75) is 103 Å². The first-order valence-electron chi connectivity index (χ1n) is 15.6. The normalized spacial score (nSPS) is 21.0. The van der Waals surface area contributed by atoms with E-state index >= 15 is 4.39 Å². The minimum absolute atomic E-state index is 0.126. The number of methoxy groups -OCH3 is 1. The van der Waals surface area contributed by atoms with E-state index in [9.17, 15) is 14.7 Å². The molecule has 0 aromatic heterocycles. The Balaban J connectivity index is 1.59. The molecule has 2 heterocycles. The molecule has 2 aliphatic rings. The summed E-state index contributed by atoms with van der Waals surface area (Å²) in [5.74, 6) is 0.414. The highest BCUT2D eigenvalue weighted by Crippen LogP contribution is 2.42. The van der Waals surface area contributed by atoms with E-state index in [1.807, 2.05) is 32.9 Å². The minimum Gasteiger partial charge on any atom is -0.497 e. The number of likely N-dealkylation sites (tertiary alicyclic amines) is 1. The number of aliphatic hydroxyl groups is 1. The van der Waals surface area contributed by atoms with Gasteiger partial charge in [0.15, 0.2) is 8.32 Å². The van der Waals surface area contributed by atoms with Crippen molar-refractivity contribution in [2.24, 2.45) is 0 Å². The van der Waals surface area contributed by atoms with Crippen LogP contribution in [0.2, 0.25) is 18.1 Å². The number of ether oxygens (including phenoxy) is 3. The number of hydrogen-bond donors (Lipinski definition) is 1. The van der Waals surface area contributed by atoms with Crippen molar-refractivity contribution in [1.82, 2.24) is 4.90 Å². The van der Waals surface area contributed by atoms with Gasteiger partial charge in [-0.05, 0) is 81.6 Å². The van der Waals surface area contributed by atoms with E-state index < -0.39 is 37.5 Å². The first-order valence-corrected chi connectivity index (χ1v) is 18.5. The van der Waals surface area contributed by atoms with Crippen LogP contribution in [-0.4, -0.2) is 74.4 Å². The van der Waals surface area contributed by atoms with Gasteiger partial charge >= 0.3 is 6.09 Å². The maximum atomic E-state index is 15.4. The molecule has 2 aliphatic heterocycles. The lowest BCUT2D eigenvalue weighted by Gasteiger charge is -2.48. The van der Waals surface area contributed by atoms with Gasteiger partial charge in [-0.25, -0.2) is 9.18 Å². The van der Waals surface area contributed by atoms with E-state index in [4.69, 9.17) is 18.6 Å². The second-order valence-electron chi connectivity index (χ2n) is 14.6. The average molecular weight is 645 g/mol. The van der Waals surface area contributed by atoms with Crippen molar-refractivity contribution >= 4 is 26.0 Å². The lowest BCUT2D eigenvalue weighted by molar-refractivity contribution is -0.129. The van der Waals surface area contributed by atoms with E-state index in [2.05, 4.69) is 33.9 Å². The zero-order chi connectivity index (χ0) is 33.4. The molecule has 9 nitrogen and oxygen atoms in total. The monoisotopic (exact) mass is 644 g/mol. The predicted octanol–water partition coefficient (Wildman–Crippen LogP) is 6.45. The molecule has 1 saturated heterocycles. The van der Waals surface area contributed by atoms with Gasteiger partial charge in [-0.3, -0.25) is 4.79 Å². The number of amides is 2. The third kappa shape index (κ3) is 7.99. The van der Waals surface area contributed by atoms with Crippen molar-refractivity contribution in [1.29, 1.82) is 0 Å². The van der Waals surface area contributed by atoms with Crippen LogP contribution in [0.4, 0.5) is 14.9 Å². The Bertz CT molecular complexity index is 1390. The van der Waals surface area contributed by atoms with Crippen LogP contribution in [0.25, 0.3) is 0 Å². The third-order valence-electron chi connectivity index (χ3n) is 9.02. The number of carbonyl (C=O) groups excluding carboxylic acids is 2. The van der Waals surface area contributed by atoms with Gasteiger partial charge in [-0.15, -0.1) is 0 Å². The molecule has 0 saturated carbocycles. The molecule has 11 heteroatoms. The van der Waals surface area contributed by atoms with E-state index in [0.29, 0.717) is 23.5 Å². The van der Waals surface area contributed by atoms with Gasteiger partial charge in [0, 0.05) is 18.5 Å². The lowest BCUT2D eigenvalue weighted by Crippen LogP contribution is -2.63. The fourth-order valence-corrected chi connectivity index (χ4v) is 6.68. The molecule has 1 fully saturated rings. The van der Waals surface area contributed by atoms with E-state index in [-0.39, 0.29) is 55.7 Å². The zero-order valence-corrected chi connectivity index (χ0v) is 29.2. The SMILES string of the molecule is COc1ccc(CN2C(=O)CCc3c(OC[C@@]4(O)CCN(C(=O)OC(C)(C)C)C[C@@H]4O[Si](C)(C)C(C)(C)C)ccc(F)c32)cc1. The van der Waals surface area contributed by atoms with Gasteiger partial charge in [0.25, 0.3) is 0 Å². The first kappa shape index (κ1) is 34.7. The van der Waals surface area contributed by atoms with Crippen LogP contribution in [0.3, 0.4) is 0 Å². The molecule has 0 radical (unpaired) electrons. The number of piperidine rings is 1. The number of nitrogens with zero attached hydrogens (tertiary/aromatic N) is 2. The molecule has 2 aromatic carbocycles. The van der Waals surface area contributed by atoms with Gasteiger partial charge in [0.1, 0.15) is 35.1 Å². The Morgan fingerprint density at radius 2 is 1.73 bits per heavy atom. The minimum atomic E-state index is -2.39. The van der Waals surface area contributed by atoms with E-state index in [1.165, 1.54) is 11.0 Å². The maximum absolute atomic E-state index is 15.4. The molecule has 45 heavy (non-hydrogen) atoms. The summed E-state index contributed by atoms with van der Waals surface area (Å²) in [4.78, 5) is 29.1. The summed E-state index contributed by atoms with van der Waals surface area (Å²) >= 11 is 0. The Hall–Kier alpha value is -3.15. The van der Waals surface area contributed by atoms with Crippen molar-refractivity contribution in [3.05, 3.63) is 53.3 Å². The van der Waals surface area contributed by atoms with Crippen LogP contribution in [-0.2, 0) is 26.9 Å². The van der Waals surface area contributed by atoms with Crippen LogP contribution in [0.5, 0.6) is 11.5 Å². The van der Waals surface area contributed by atoms with Gasteiger partial charge in [0.2, 0.25) is 5.91 Å². The molecule has 0 aliphatic carbocycles. The second-order valence-corrected chi connectivity index (χ2v) is 19.4. The number of carbonyl (C=O) groups is 2. The maximum Gasteiger partial charge on any atom is 0.410 e. The van der Waals surface area contributed by atoms with Crippen LogP contribution >= 0.6 is 0 Å². The summed E-state index contributed by atoms with van der Waals surface area (Å²) in [7, 11) is -0.805. The highest BCUT2D eigenvalue weighted by Gasteiger charge is 2.50. The topological polar surface area (TPSA) is 97.8 Å². The summed E-state index contributed by atoms with van der Waals surface area (Å²) in [5.41, 5.74) is -0.476. The number of hydrogen-bond acceptors (Lipinski definition) is 7. The van der Waals surface area contributed by atoms with Gasteiger partial charge in [-0.2, -0.15) is 0 Å². The van der Waals surface area contributed by atoms with Crippen molar-refractivity contribution < 1.29 is 37.7 Å². The molecule has 2 aromatic rings. The zero-order valence-electron chi connectivity index (χ0n) is 28.2. The number of benzene rings is 2. The molecule has 2 amide bonds. The molecule has 0 spiro atoms. The van der Waals surface area contributed by atoms with Gasteiger partial charge in [0.05, 0.1) is 32.0 Å².